The Morgan fingerprint density at radius 1 is 1.46 bits per heavy atom. The van der Waals surface area contributed by atoms with E-state index < -0.39 is 0 Å². The smallest absolute Gasteiger partial charge is 0.0681 e. The zero-order valence-corrected chi connectivity index (χ0v) is 8.09. The van der Waals surface area contributed by atoms with Gasteiger partial charge in [-0.1, -0.05) is 12.1 Å². The van der Waals surface area contributed by atoms with Crippen molar-refractivity contribution in [1.29, 1.82) is 0 Å². The molecule has 2 nitrogen and oxygen atoms in total. The van der Waals surface area contributed by atoms with Gasteiger partial charge in [-0.3, -0.25) is 0 Å². The maximum Gasteiger partial charge on any atom is 0.0681 e. The molecular weight excluding hydrogens is 162 g/mol. The Morgan fingerprint density at radius 2 is 2.23 bits per heavy atom. The lowest BCUT2D eigenvalue weighted by molar-refractivity contribution is 0.282. The SMILES string of the molecule is CC1(C)Cc2cc(CO)ccc2N1. The Balaban J connectivity index is 2.36. The molecule has 0 bridgehead atoms. The van der Waals surface area contributed by atoms with Crippen LogP contribution in [0, 0.1) is 0 Å². The van der Waals surface area contributed by atoms with Crippen LogP contribution in [0.4, 0.5) is 5.69 Å². The average molecular weight is 177 g/mol. The van der Waals surface area contributed by atoms with Gasteiger partial charge in [0.2, 0.25) is 0 Å². The monoisotopic (exact) mass is 177 g/mol. The largest absolute Gasteiger partial charge is 0.392 e. The molecule has 0 aromatic heterocycles. The van der Waals surface area contributed by atoms with Crippen molar-refractivity contribution in [3.8, 4) is 0 Å². The first-order chi connectivity index (χ1) is 6.11. The fraction of sp³-hybridized carbons (Fsp3) is 0.455. The van der Waals surface area contributed by atoms with Crippen molar-refractivity contribution in [1.82, 2.24) is 0 Å². The summed E-state index contributed by atoms with van der Waals surface area (Å²) < 4.78 is 0. The molecule has 2 heteroatoms. The minimum Gasteiger partial charge on any atom is -0.392 e. The van der Waals surface area contributed by atoms with E-state index in [2.05, 4.69) is 31.3 Å². The van der Waals surface area contributed by atoms with E-state index in [-0.39, 0.29) is 12.1 Å². The van der Waals surface area contributed by atoms with Crippen LogP contribution in [0.25, 0.3) is 0 Å². The lowest BCUT2D eigenvalue weighted by atomic mass is 9.99. The van der Waals surface area contributed by atoms with Crippen molar-refractivity contribution >= 4 is 5.69 Å². The Morgan fingerprint density at radius 3 is 2.92 bits per heavy atom. The van der Waals surface area contributed by atoms with E-state index in [1.54, 1.807) is 0 Å². The molecule has 1 aliphatic rings. The second-order valence-electron chi connectivity index (χ2n) is 4.34. The summed E-state index contributed by atoms with van der Waals surface area (Å²) in [6.07, 6.45) is 1.04. The maximum atomic E-state index is 8.98. The van der Waals surface area contributed by atoms with E-state index in [9.17, 15) is 0 Å². The van der Waals surface area contributed by atoms with Crippen molar-refractivity contribution in [2.75, 3.05) is 5.32 Å². The lowest BCUT2D eigenvalue weighted by Gasteiger charge is -2.17. The van der Waals surface area contributed by atoms with E-state index >= 15 is 0 Å². The van der Waals surface area contributed by atoms with Crippen LogP contribution in [0.1, 0.15) is 25.0 Å². The van der Waals surface area contributed by atoms with Crippen molar-refractivity contribution < 1.29 is 5.11 Å². The molecule has 1 heterocycles. The van der Waals surface area contributed by atoms with Crippen LogP contribution in [-0.4, -0.2) is 10.6 Å². The van der Waals surface area contributed by atoms with Crippen LogP contribution in [0.3, 0.4) is 0 Å². The van der Waals surface area contributed by atoms with Crippen molar-refractivity contribution in [2.45, 2.75) is 32.4 Å². The van der Waals surface area contributed by atoms with Gasteiger partial charge in [-0.2, -0.15) is 0 Å². The molecule has 2 N–H and O–H groups in total. The van der Waals surface area contributed by atoms with Crippen LogP contribution in [0.2, 0.25) is 0 Å². The Bertz CT molecular complexity index is 331. The third-order valence-electron chi connectivity index (χ3n) is 2.46. The fourth-order valence-corrected chi connectivity index (χ4v) is 1.90. The van der Waals surface area contributed by atoms with Crippen LogP contribution < -0.4 is 5.32 Å². The van der Waals surface area contributed by atoms with E-state index in [4.69, 9.17) is 5.11 Å². The number of rotatable bonds is 1. The first kappa shape index (κ1) is 8.57. The Labute approximate surface area is 78.6 Å². The molecule has 0 fully saturated rings. The van der Waals surface area contributed by atoms with Gasteiger partial charge in [0, 0.05) is 11.2 Å². The highest BCUT2D eigenvalue weighted by Gasteiger charge is 2.26. The van der Waals surface area contributed by atoms with Crippen LogP contribution in [0.15, 0.2) is 18.2 Å². The first-order valence-electron chi connectivity index (χ1n) is 4.61. The fourth-order valence-electron chi connectivity index (χ4n) is 1.90. The highest BCUT2D eigenvalue weighted by Crippen LogP contribution is 2.32. The molecule has 1 aromatic carbocycles. The summed E-state index contributed by atoms with van der Waals surface area (Å²) in [5.41, 5.74) is 3.69. The lowest BCUT2D eigenvalue weighted by Crippen LogP contribution is -2.26. The quantitative estimate of drug-likeness (QED) is 0.687. The number of fused-ring (bicyclic) bond motifs is 1. The van der Waals surface area contributed by atoms with Crippen molar-refractivity contribution in [3.05, 3.63) is 29.3 Å². The molecule has 0 aliphatic carbocycles. The molecule has 1 aliphatic heterocycles. The number of nitrogens with one attached hydrogen (secondary N) is 1. The molecule has 0 unspecified atom stereocenters. The molecule has 0 atom stereocenters. The number of aliphatic hydroxyl groups is 1. The van der Waals surface area contributed by atoms with Crippen LogP contribution >= 0.6 is 0 Å². The Kier molecular flexibility index (Phi) is 1.81. The molecule has 0 spiro atoms. The summed E-state index contributed by atoms with van der Waals surface area (Å²) in [6.45, 7) is 4.50. The molecule has 0 amide bonds. The molecule has 13 heavy (non-hydrogen) atoms. The first-order valence-corrected chi connectivity index (χ1v) is 4.61. The highest BCUT2D eigenvalue weighted by molar-refractivity contribution is 5.59. The van der Waals surface area contributed by atoms with Gasteiger partial charge in [-0.05, 0) is 37.5 Å². The predicted octanol–water partition coefficient (Wildman–Crippen LogP) is 1.93. The summed E-state index contributed by atoms with van der Waals surface area (Å²) in [6, 6.07) is 6.10. The summed E-state index contributed by atoms with van der Waals surface area (Å²) in [5.74, 6) is 0. The third-order valence-corrected chi connectivity index (χ3v) is 2.46. The van der Waals surface area contributed by atoms with Gasteiger partial charge in [-0.25, -0.2) is 0 Å². The molecule has 0 saturated heterocycles. The molecule has 2 rings (SSSR count). The average Bonchev–Trinajstić information content (AvgIpc) is 2.36. The highest BCUT2D eigenvalue weighted by atomic mass is 16.3. The van der Waals surface area contributed by atoms with Gasteiger partial charge >= 0.3 is 0 Å². The minimum absolute atomic E-state index is 0.133. The number of hydrogen-bond donors (Lipinski definition) is 2. The topological polar surface area (TPSA) is 32.3 Å². The summed E-state index contributed by atoms with van der Waals surface area (Å²) >= 11 is 0. The zero-order chi connectivity index (χ0) is 9.47. The Hall–Kier alpha value is -1.02. The normalized spacial score (nSPS) is 18.1. The van der Waals surface area contributed by atoms with Gasteiger partial charge in [0.25, 0.3) is 0 Å². The molecule has 0 radical (unpaired) electrons. The van der Waals surface area contributed by atoms with Gasteiger partial charge < -0.3 is 10.4 Å². The van der Waals surface area contributed by atoms with Gasteiger partial charge in [0.1, 0.15) is 0 Å². The standard InChI is InChI=1S/C11H15NO/c1-11(2)6-9-5-8(7-13)3-4-10(9)12-11/h3-5,12-13H,6-7H2,1-2H3. The molecular formula is C11H15NO. The number of anilines is 1. The van der Waals surface area contributed by atoms with E-state index in [1.807, 2.05) is 6.07 Å². The van der Waals surface area contributed by atoms with E-state index in [1.165, 1.54) is 11.3 Å². The summed E-state index contributed by atoms with van der Waals surface area (Å²) in [5, 5.41) is 12.4. The van der Waals surface area contributed by atoms with Gasteiger partial charge in [0.05, 0.1) is 6.61 Å². The third kappa shape index (κ3) is 1.54. The number of aliphatic hydroxyl groups excluding tert-OH is 1. The van der Waals surface area contributed by atoms with Crippen LogP contribution in [0.5, 0.6) is 0 Å². The predicted molar refractivity (Wildman–Crippen MR) is 53.8 cm³/mol. The second-order valence-corrected chi connectivity index (χ2v) is 4.34. The molecule has 1 aromatic rings. The summed E-state index contributed by atoms with van der Waals surface area (Å²) in [7, 11) is 0. The van der Waals surface area contributed by atoms with Gasteiger partial charge in [0.15, 0.2) is 0 Å². The van der Waals surface area contributed by atoms with Crippen molar-refractivity contribution in [2.24, 2.45) is 0 Å². The van der Waals surface area contributed by atoms with Crippen LogP contribution in [-0.2, 0) is 13.0 Å². The van der Waals surface area contributed by atoms with Gasteiger partial charge in [-0.15, -0.1) is 0 Å². The number of hydrogen-bond acceptors (Lipinski definition) is 2. The molecule has 70 valence electrons. The minimum atomic E-state index is 0.133. The number of benzene rings is 1. The zero-order valence-electron chi connectivity index (χ0n) is 8.09. The molecule has 0 saturated carbocycles. The summed E-state index contributed by atoms with van der Waals surface area (Å²) in [4.78, 5) is 0. The second kappa shape index (κ2) is 2.74. The van der Waals surface area contributed by atoms with Crippen molar-refractivity contribution in [3.63, 3.8) is 0 Å². The maximum absolute atomic E-state index is 8.98. The van der Waals surface area contributed by atoms with E-state index in [0.717, 1.165) is 12.0 Å². The van der Waals surface area contributed by atoms with E-state index in [0.29, 0.717) is 0 Å².